The molecule has 2 rings (SSSR count). The van der Waals surface area contributed by atoms with Gasteiger partial charge in [0.15, 0.2) is 0 Å². The van der Waals surface area contributed by atoms with Crippen LogP contribution in [0, 0.1) is 12.7 Å². The van der Waals surface area contributed by atoms with Crippen LogP contribution in [-0.2, 0) is 10.0 Å². The normalized spacial score (nSPS) is 13.2. The van der Waals surface area contributed by atoms with Gasteiger partial charge in [-0.2, -0.15) is 0 Å². The number of sulfonamides is 1. The lowest BCUT2D eigenvalue weighted by Crippen LogP contribution is -2.34. The minimum atomic E-state index is -3.77. The minimum Gasteiger partial charge on any atom is -0.301 e. The zero-order valence-electron chi connectivity index (χ0n) is 13.8. The largest absolute Gasteiger partial charge is 0.301 e. The Balaban J connectivity index is 2.18. The second-order valence-electron chi connectivity index (χ2n) is 5.82. The number of nitrogens with zero attached hydrogens (tertiary/aromatic N) is 1. The monoisotopic (exact) mass is 370 g/mol. The number of aryl methyl sites for hydroxylation is 1. The van der Waals surface area contributed by atoms with Crippen molar-refractivity contribution in [3.8, 4) is 0 Å². The van der Waals surface area contributed by atoms with Gasteiger partial charge in [-0.15, -0.1) is 0 Å². The van der Waals surface area contributed by atoms with Gasteiger partial charge in [-0.25, -0.2) is 17.5 Å². The van der Waals surface area contributed by atoms with E-state index in [2.05, 4.69) is 4.72 Å². The van der Waals surface area contributed by atoms with Gasteiger partial charge in [0.2, 0.25) is 10.0 Å². The molecule has 0 radical (unpaired) electrons. The molecular weight excluding hydrogens is 351 g/mol. The van der Waals surface area contributed by atoms with Crippen molar-refractivity contribution in [1.82, 2.24) is 9.62 Å². The zero-order valence-corrected chi connectivity index (χ0v) is 15.3. The molecule has 0 saturated carbocycles. The van der Waals surface area contributed by atoms with Gasteiger partial charge < -0.3 is 4.90 Å². The molecule has 1 unspecified atom stereocenters. The van der Waals surface area contributed by atoms with Gasteiger partial charge in [0.05, 0.1) is 9.92 Å². The molecule has 1 N–H and O–H groups in total. The van der Waals surface area contributed by atoms with E-state index in [0.29, 0.717) is 0 Å². The van der Waals surface area contributed by atoms with E-state index < -0.39 is 15.8 Å². The van der Waals surface area contributed by atoms with Crippen LogP contribution in [0.5, 0.6) is 0 Å². The van der Waals surface area contributed by atoms with Crippen molar-refractivity contribution in [1.29, 1.82) is 0 Å². The summed E-state index contributed by atoms with van der Waals surface area (Å²) in [6, 6.07) is 11.1. The summed E-state index contributed by atoms with van der Waals surface area (Å²) in [7, 11) is -0.00702. The Labute approximate surface area is 147 Å². The maximum Gasteiger partial charge on any atom is 0.240 e. The Kier molecular flexibility index (Phi) is 5.98. The highest BCUT2D eigenvalue weighted by molar-refractivity contribution is 7.89. The highest BCUT2D eigenvalue weighted by atomic mass is 35.5. The lowest BCUT2D eigenvalue weighted by atomic mass is 10.0. The summed E-state index contributed by atoms with van der Waals surface area (Å²) in [5, 5.41) is -0.222. The van der Waals surface area contributed by atoms with E-state index in [0.717, 1.165) is 23.3 Å². The molecule has 0 aliphatic carbocycles. The average Bonchev–Trinajstić information content (AvgIpc) is 2.51. The molecule has 1 atom stereocenters. The lowest BCUT2D eigenvalue weighted by Gasteiger charge is -2.25. The predicted octanol–water partition coefficient (Wildman–Crippen LogP) is 3.37. The number of hydrogen-bond acceptors (Lipinski definition) is 3. The number of hydrogen-bond donors (Lipinski definition) is 1. The van der Waals surface area contributed by atoms with E-state index in [4.69, 9.17) is 11.6 Å². The fraction of sp³-hybridized carbons (Fsp3) is 0.294. The molecule has 0 spiro atoms. The van der Waals surface area contributed by atoms with Crippen LogP contribution in [0.1, 0.15) is 17.2 Å². The molecule has 2 aromatic carbocycles. The van der Waals surface area contributed by atoms with Gasteiger partial charge in [-0.1, -0.05) is 41.4 Å². The molecule has 0 bridgehead atoms. The number of benzene rings is 2. The third-order valence-electron chi connectivity index (χ3n) is 3.75. The van der Waals surface area contributed by atoms with Crippen LogP contribution in [0.2, 0.25) is 5.02 Å². The Morgan fingerprint density at radius 3 is 2.33 bits per heavy atom. The first-order chi connectivity index (χ1) is 11.2. The maximum atomic E-state index is 13.2. The van der Waals surface area contributed by atoms with Crippen molar-refractivity contribution in [2.45, 2.75) is 17.9 Å². The number of likely N-dealkylation sites (N-methyl/N-ethyl adjacent to an activating group) is 1. The van der Waals surface area contributed by atoms with Gasteiger partial charge in [-0.3, -0.25) is 0 Å². The topological polar surface area (TPSA) is 49.4 Å². The Morgan fingerprint density at radius 1 is 1.17 bits per heavy atom. The summed E-state index contributed by atoms with van der Waals surface area (Å²) < 4.78 is 40.6. The van der Waals surface area contributed by atoms with Gasteiger partial charge in [-0.05, 0) is 44.8 Å². The van der Waals surface area contributed by atoms with Crippen LogP contribution in [0.25, 0.3) is 0 Å². The number of rotatable bonds is 6. The quantitative estimate of drug-likeness (QED) is 0.848. The highest BCUT2D eigenvalue weighted by Gasteiger charge is 2.20. The summed E-state index contributed by atoms with van der Waals surface area (Å²) in [6.07, 6.45) is 0. The van der Waals surface area contributed by atoms with E-state index in [1.165, 1.54) is 6.07 Å². The number of halogens is 2. The molecule has 4 nitrogen and oxygen atoms in total. The van der Waals surface area contributed by atoms with Crippen molar-refractivity contribution in [3.63, 3.8) is 0 Å². The molecule has 0 saturated heterocycles. The molecule has 130 valence electrons. The summed E-state index contributed by atoms with van der Waals surface area (Å²) in [6.45, 7) is 2.18. The molecule has 0 aromatic heterocycles. The zero-order chi connectivity index (χ0) is 17.9. The van der Waals surface area contributed by atoms with Crippen LogP contribution in [0.3, 0.4) is 0 Å². The molecule has 0 amide bonds. The van der Waals surface area contributed by atoms with Gasteiger partial charge in [0.1, 0.15) is 5.82 Å². The van der Waals surface area contributed by atoms with E-state index in [-0.39, 0.29) is 22.5 Å². The average molecular weight is 371 g/mol. The first-order valence-corrected chi connectivity index (χ1v) is 9.24. The van der Waals surface area contributed by atoms with Crippen LogP contribution in [0.15, 0.2) is 47.4 Å². The Bertz CT molecular complexity index is 808. The summed E-state index contributed by atoms with van der Waals surface area (Å²) in [5.74, 6) is -0.651. The predicted molar refractivity (Wildman–Crippen MR) is 94.2 cm³/mol. The van der Waals surface area contributed by atoms with Crippen molar-refractivity contribution >= 4 is 21.6 Å². The Morgan fingerprint density at radius 2 is 1.79 bits per heavy atom. The summed E-state index contributed by atoms with van der Waals surface area (Å²) >= 11 is 5.67. The van der Waals surface area contributed by atoms with E-state index >= 15 is 0 Å². The van der Waals surface area contributed by atoms with Crippen molar-refractivity contribution < 1.29 is 12.8 Å². The fourth-order valence-electron chi connectivity index (χ4n) is 2.30. The van der Waals surface area contributed by atoms with Crippen molar-refractivity contribution in [2.24, 2.45) is 0 Å². The van der Waals surface area contributed by atoms with Gasteiger partial charge in [0.25, 0.3) is 0 Å². The van der Waals surface area contributed by atoms with E-state index in [9.17, 15) is 12.8 Å². The van der Waals surface area contributed by atoms with Gasteiger partial charge >= 0.3 is 0 Å². The Hall–Kier alpha value is -1.47. The van der Waals surface area contributed by atoms with E-state index in [1.54, 1.807) is 0 Å². The fourth-order valence-corrected chi connectivity index (χ4v) is 3.61. The SMILES string of the molecule is Cc1ccc(C(CNS(=O)(=O)c2ccc(F)c(Cl)c2)N(C)C)cc1. The molecular formula is C17H20ClFN2O2S. The van der Waals surface area contributed by atoms with Crippen molar-refractivity contribution in [2.75, 3.05) is 20.6 Å². The van der Waals surface area contributed by atoms with Gasteiger partial charge in [0, 0.05) is 12.6 Å². The van der Waals surface area contributed by atoms with Crippen LogP contribution < -0.4 is 4.72 Å². The van der Waals surface area contributed by atoms with Crippen molar-refractivity contribution in [3.05, 3.63) is 64.4 Å². The molecule has 0 heterocycles. The molecule has 7 heteroatoms. The molecule has 0 aliphatic rings. The third kappa shape index (κ3) is 4.54. The maximum absolute atomic E-state index is 13.2. The smallest absolute Gasteiger partial charge is 0.240 e. The number of nitrogens with one attached hydrogen (secondary N) is 1. The summed E-state index contributed by atoms with van der Waals surface area (Å²) in [5.41, 5.74) is 2.14. The molecule has 24 heavy (non-hydrogen) atoms. The van der Waals surface area contributed by atoms with Crippen LogP contribution in [-0.4, -0.2) is 34.0 Å². The molecule has 0 aliphatic heterocycles. The molecule has 0 fully saturated rings. The van der Waals surface area contributed by atoms with Crippen LogP contribution >= 0.6 is 11.6 Å². The third-order valence-corrected chi connectivity index (χ3v) is 5.46. The first kappa shape index (κ1) is 18.9. The minimum absolute atomic E-state index is 0.0599. The highest BCUT2D eigenvalue weighted by Crippen LogP contribution is 2.21. The van der Waals surface area contributed by atoms with E-state index in [1.807, 2.05) is 50.2 Å². The summed E-state index contributed by atoms with van der Waals surface area (Å²) in [4.78, 5) is 1.88. The standard InChI is InChI=1S/C17H20ClFN2O2S/c1-12-4-6-13(7-5-12)17(21(2)3)11-20-24(22,23)14-8-9-16(19)15(18)10-14/h4-10,17,20H,11H2,1-3H3. The van der Waals surface area contributed by atoms with Crippen LogP contribution in [0.4, 0.5) is 4.39 Å². The molecule has 2 aromatic rings. The second kappa shape index (κ2) is 7.61. The second-order valence-corrected chi connectivity index (χ2v) is 7.99. The first-order valence-electron chi connectivity index (χ1n) is 7.38. The lowest BCUT2D eigenvalue weighted by molar-refractivity contribution is 0.299.